The van der Waals surface area contributed by atoms with E-state index in [2.05, 4.69) is 18.7 Å². The normalized spacial score (nSPS) is 12.3. The highest BCUT2D eigenvalue weighted by Gasteiger charge is 2.07. The first-order valence-corrected chi connectivity index (χ1v) is 6.83. The number of alkyl halides is 1. The van der Waals surface area contributed by atoms with E-state index in [0.717, 1.165) is 21.9 Å². The molecule has 0 saturated carbocycles. The molecular formula is C17H13FOS. The third-order valence-electron chi connectivity index (χ3n) is 3.17. The molecule has 0 aliphatic carbocycles. The van der Waals surface area contributed by atoms with Crippen molar-refractivity contribution in [3.8, 4) is 16.9 Å². The summed E-state index contributed by atoms with van der Waals surface area (Å²) in [6, 6.07) is 21.7. The third-order valence-corrected chi connectivity index (χ3v) is 3.28. The zero-order valence-corrected chi connectivity index (χ0v) is 11.6. The Balaban J connectivity index is 2.14. The van der Waals surface area contributed by atoms with Crippen LogP contribution in [0.3, 0.4) is 0 Å². The Morgan fingerprint density at radius 2 is 1.65 bits per heavy atom. The number of ether oxygens (including phenoxy) is 1. The lowest BCUT2D eigenvalue weighted by molar-refractivity contribution is 0.158. The Hall–Kier alpha value is -2.00. The Morgan fingerprint density at radius 3 is 2.40 bits per heavy atom. The van der Waals surface area contributed by atoms with Crippen LogP contribution in [0.1, 0.15) is 0 Å². The first-order valence-electron chi connectivity index (χ1n) is 6.31. The van der Waals surface area contributed by atoms with Gasteiger partial charge < -0.3 is 4.74 Å². The van der Waals surface area contributed by atoms with E-state index in [9.17, 15) is 4.39 Å². The SMILES string of the molecule is FC(S)Oc1cccc2ccc(-c3ccccc3)cc12. The summed E-state index contributed by atoms with van der Waals surface area (Å²) in [4.78, 5) is 0. The van der Waals surface area contributed by atoms with E-state index in [-0.39, 0.29) is 0 Å². The minimum Gasteiger partial charge on any atom is -0.451 e. The second-order valence-corrected chi connectivity index (χ2v) is 4.87. The van der Waals surface area contributed by atoms with Crippen molar-refractivity contribution in [1.82, 2.24) is 0 Å². The van der Waals surface area contributed by atoms with Crippen LogP contribution < -0.4 is 4.74 Å². The standard InChI is InChI=1S/C17H13FOS/c18-17(20)19-16-8-4-7-13-9-10-14(11-15(13)16)12-5-2-1-3-6-12/h1-11,17,20H. The lowest BCUT2D eigenvalue weighted by Crippen LogP contribution is -2.01. The Bertz CT molecular complexity index is 725. The van der Waals surface area contributed by atoms with Gasteiger partial charge in [-0.2, -0.15) is 4.39 Å². The molecule has 100 valence electrons. The van der Waals surface area contributed by atoms with Crippen LogP contribution in [-0.4, -0.2) is 5.69 Å². The maximum atomic E-state index is 13.0. The minimum atomic E-state index is -1.62. The van der Waals surface area contributed by atoms with Crippen molar-refractivity contribution < 1.29 is 9.13 Å². The molecule has 0 fully saturated rings. The van der Waals surface area contributed by atoms with E-state index >= 15 is 0 Å². The molecule has 0 heterocycles. The van der Waals surface area contributed by atoms with Gasteiger partial charge in [0.15, 0.2) is 0 Å². The molecule has 3 rings (SSSR count). The average molecular weight is 284 g/mol. The first kappa shape index (κ1) is 13.0. The smallest absolute Gasteiger partial charge is 0.283 e. The van der Waals surface area contributed by atoms with Crippen LogP contribution in [-0.2, 0) is 0 Å². The largest absolute Gasteiger partial charge is 0.451 e. The Labute approximate surface area is 122 Å². The van der Waals surface area contributed by atoms with Crippen molar-refractivity contribution in [3.63, 3.8) is 0 Å². The molecule has 0 amide bonds. The predicted octanol–water partition coefficient (Wildman–Crippen LogP) is 5.07. The summed E-state index contributed by atoms with van der Waals surface area (Å²) in [7, 11) is 0. The van der Waals surface area contributed by atoms with Gasteiger partial charge in [-0.1, -0.05) is 54.6 Å². The van der Waals surface area contributed by atoms with Gasteiger partial charge in [0.2, 0.25) is 0 Å². The Morgan fingerprint density at radius 1 is 0.850 bits per heavy atom. The maximum Gasteiger partial charge on any atom is 0.283 e. The molecule has 3 aromatic rings. The van der Waals surface area contributed by atoms with Crippen molar-refractivity contribution in [2.75, 3.05) is 0 Å². The van der Waals surface area contributed by atoms with E-state index in [1.165, 1.54) is 0 Å². The molecule has 0 aliphatic heterocycles. The van der Waals surface area contributed by atoms with Gasteiger partial charge in [-0.3, -0.25) is 0 Å². The van der Waals surface area contributed by atoms with Crippen LogP contribution in [0.2, 0.25) is 0 Å². The van der Waals surface area contributed by atoms with Crippen molar-refractivity contribution in [2.45, 2.75) is 5.69 Å². The van der Waals surface area contributed by atoms with Crippen LogP contribution in [0.25, 0.3) is 21.9 Å². The number of halogens is 1. The maximum absolute atomic E-state index is 13.0. The van der Waals surface area contributed by atoms with Gasteiger partial charge in [-0.05, 0) is 28.6 Å². The number of hydrogen-bond acceptors (Lipinski definition) is 2. The summed E-state index contributed by atoms with van der Waals surface area (Å²) in [6.45, 7) is 0. The van der Waals surface area contributed by atoms with Crippen molar-refractivity contribution in [2.24, 2.45) is 0 Å². The van der Waals surface area contributed by atoms with E-state index in [0.29, 0.717) is 5.75 Å². The Kier molecular flexibility index (Phi) is 3.61. The highest BCUT2D eigenvalue weighted by Crippen LogP contribution is 2.31. The molecule has 0 saturated heterocycles. The van der Waals surface area contributed by atoms with E-state index in [1.807, 2.05) is 54.6 Å². The molecule has 0 bridgehead atoms. The molecular weight excluding hydrogens is 271 g/mol. The second-order valence-electron chi connectivity index (χ2n) is 4.47. The van der Waals surface area contributed by atoms with E-state index in [4.69, 9.17) is 4.74 Å². The molecule has 0 aromatic heterocycles. The fourth-order valence-electron chi connectivity index (χ4n) is 2.26. The zero-order chi connectivity index (χ0) is 13.9. The lowest BCUT2D eigenvalue weighted by atomic mass is 10.0. The van der Waals surface area contributed by atoms with Gasteiger partial charge in [-0.15, -0.1) is 12.6 Å². The summed E-state index contributed by atoms with van der Waals surface area (Å²) < 4.78 is 18.1. The molecule has 0 spiro atoms. The molecule has 0 N–H and O–H groups in total. The fraction of sp³-hybridized carbons (Fsp3) is 0.0588. The number of hydrogen-bond donors (Lipinski definition) is 1. The van der Waals surface area contributed by atoms with Gasteiger partial charge in [0, 0.05) is 5.39 Å². The number of fused-ring (bicyclic) bond motifs is 1. The number of benzene rings is 3. The van der Waals surface area contributed by atoms with Crippen LogP contribution in [0.4, 0.5) is 4.39 Å². The first-order chi connectivity index (χ1) is 9.74. The molecule has 20 heavy (non-hydrogen) atoms. The van der Waals surface area contributed by atoms with Gasteiger partial charge in [0.05, 0.1) is 0 Å². The fourth-order valence-corrected chi connectivity index (χ4v) is 2.38. The summed E-state index contributed by atoms with van der Waals surface area (Å²) in [6.07, 6.45) is 0. The van der Waals surface area contributed by atoms with Crippen LogP contribution in [0.5, 0.6) is 5.75 Å². The molecule has 3 heteroatoms. The van der Waals surface area contributed by atoms with Gasteiger partial charge in [0.1, 0.15) is 5.75 Å². The van der Waals surface area contributed by atoms with Crippen molar-refractivity contribution in [3.05, 3.63) is 66.7 Å². The molecule has 1 unspecified atom stereocenters. The number of thiol groups is 1. The van der Waals surface area contributed by atoms with Crippen LogP contribution >= 0.6 is 12.6 Å². The van der Waals surface area contributed by atoms with Crippen molar-refractivity contribution >= 4 is 23.4 Å². The van der Waals surface area contributed by atoms with Crippen LogP contribution in [0.15, 0.2) is 66.7 Å². The lowest BCUT2D eigenvalue weighted by Gasteiger charge is -2.11. The van der Waals surface area contributed by atoms with Gasteiger partial charge in [-0.25, -0.2) is 0 Å². The summed E-state index contributed by atoms with van der Waals surface area (Å²) in [5.41, 5.74) is 0.566. The highest BCUT2D eigenvalue weighted by atomic mass is 32.1. The molecule has 3 aromatic carbocycles. The molecule has 0 radical (unpaired) electrons. The second kappa shape index (κ2) is 5.55. The quantitative estimate of drug-likeness (QED) is 0.522. The zero-order valence-electron chi connectivity index (χ0n) is 10.7. The monoisotopic (exact) mass is 284 g/mol. The molecule has 1 atom stereocenters. The summed E-state index contributed by atoms with van der Waals surface area (Å²) >= 11 is 3.64. The van der Waals surface area contributed by atoms with E-state index < -0.39 is 5.69 Å². The highest BCUT2D eigenvalue weighted by molar-refractivity contribution is 7.80. The molecule has 1 nitrogen and oxygen atoms in total. The minimum absolute atomic E-state index is 0.503. The van der Waals surface area contributed by atoms with Gasteiger partial charge in [0.25, 0.3) is 5.69 Å². The molecule has 0 aliphatic rings. The van der Waals surface area contributed by atoms with Crippen LogP contribution in [0, 0.1) is 0 Å². The average Bonchev–Trinajstić information content (AvgIpc) is 2.47. The van der Waals surface area contributed by atoms with E-state index in [1.54, 1.807) is 6.07 Å². The topological polar surface area (TPSA) is 9.23 Å². The van der Waals surface area contributed by atoms with Crippen molar-refractivity contribution in [1.29, 1.82) is 0 Å². The third kappa shape index (κ3) is 2.63. The van der Waals surface area contributed by atoms with Gasteiger partial charge >= 0.3 is 0 Å². The number of rotatable bonds is 3. The summed E-state index contributed by atoms with van der Waals surface area (Å²) in [5.74, 6) is 0.503. The predicted molar refractivity (Wildman–Crippen MR) is 83.9 cm³/mol. The summed E-state index contributed by atoms with van der Waals surface area (Å²) in [5, 5.41) is 1.89.